The van der Waals surface area contributed by atoms with Gasteiger partial charge in [-0.05, 0) is 47.5 Å². The highest BCUT2D eigenvalue weighted by molar-refractivity contribution is 7.89. The molecule has 0 saturated carbocycles. The fourth-order valence-electron chi connectivity index (χ4n) is 4.55. The van der Waals surface area contributed by atoms with Crippen molar-refractivity contribution in [3.63, 3.8) is 0 Å². The summed E-state index contributed by atoms with van der Waals surface area (Å²) in [6.07, 6.45) is 0. The first kappa shape index (κ1) is 26.4. The Hall–Kier alpha value is -3.63. The Morgan fingerprint density at radius 3 is 2.14 bits per heavy atom. The largest absolute Gasteiger partial charge is 0.493 e. The molecule has 196 valence electrons. The van der Waals surface area contributed by atoms with Gasteiger partial charge in [0.2, 0.25) is 21.7 Å². The van der Waals surface area contributed by atoms with Crippen LogP contribution in [-0.2, 0) is 21.4 Å². The summed E-state index contributed by atoms with van der Waals surface area (Å²) >= 11 is 0. The first-order valence-electron chi connectivity index (χ1n) is 11.7. The van der Waals surface area contributed by atoms with Crippen LogP contribution in [0.1, 0.15) is 17.0 Å². The number of hydrogen-bond acceptors (Lipinski definition) is 6. The number of carbonyl (C=O) groups excluding carboxylic acids is 1. The maximum atomic E-state index is 13.4. The minimum atomic E-state index is -3.84. The fraction of sp³-hybridized carbons (Fsp3) is 0.296. The van der Waals surface area contributed by atoms with Crippen molar-refractivity contribution in [3.05, 3.63) is 83.7 Å². The standard InChI is InChI=1S/C27H29FN2O6S/c1-34-24-13-19(14-25(35-2)26(24)36-3)22-16-30(37(32,33)21-7-5-4-6-8-21)17-23(22)27(31)29-15-18-9-11-20(28)12-10-18/h4-14,22-23H,15-17H2,1-3H3,(H,29,31)/t22-,23-/m0/s1. The van der Waals surface area contributed by atoms with Crippen LogP contribution < -0.4 is 19.5 Å². The number of nitrogens with one attached hydrogen (secondary N) is 1. The van der Waals surface area contributed by atoms with Crippen LogP contribution in [0.4, 0.5) is 4.39 Å². The molecule has 1 aliphatic rings. The van der Waals surface area contributed by atoms with Crippen LogP contribution in [0, 0.1) is 11.7 Å². The van der Waals surface area contributed by atoms with Gasteiger partial charge in [-0.1, -0.05) is 30.3 Å². The molecule has 1 aliphatic heterocycles. The van der Waals surface area contributed by atoms with Crippen LogP contribution >= 0.6 is 0 Å². The summed E-state index contributed by atoms with van der Waals surface area (Å²) in [4.78, 5) is 13.6. The summed E-state index contributed by atoms with van der Waals surface area (Å²) in [5, 5.41) is 2.88. The van der Waals surface area contributed by atoms with Gasteiger partial charge in [0.25, 0.3) is 0 Å². The van der Waals surface area contributed by atoms with Crippen molar-refractivity contribution in [1.29, 1.82) is 0 Å². The van der Waals surface area contributed by atoms with Gasteiger partial charge in [0, 0.05) is 25.6 Å². The average Bonchev–Trinajstić information content (AvgIpc) is 3.39. The van der Waals surface area contributed by atoms with Gasteiger partial charge in [0.1, 0.15) is 5.82 Å². The number of rotatable bonds is 9. The Morgan fingerprint density at radius 2 is 1.57 bits per heavy atom. The lowest BCUT2D eigenvalue weighted by atomic mass is 9.87. The monoisotopic (exact) mass is 528 g/mol. The van der Waals surface area contributed by atoms with Crippen LogP contribution in [0.15, 0.2) is 71.6 Å². The maximum Gasteiger partial charge on any atom is 0.243 e. The van der Waals surface area contributed by atoms with E-state index in [2.05, 4.69) is 5.32 Å². The Balaban J connectivity index is 1.68. The second kappa shape index (κ2) is 11.2. The van der Waals surface area contributed by atoms with E-state index in [0.29, 0.717) is 22.8 Å². The molecule has 1 heterocycles. The highest BCUT2D eigenvalue weighted by Crippen LogP contribution is 2.44. The van der Waals surface area contributed by atoms with E-state index < -0.39 is 21.9 Å². The van der Waals surface area contributed by atoms with Gasteiger partial charge in [-0.25, -0.2) is 12.8 Å². The molecule has 1 saturated heterocycles. The molecule has 2 atom stereocenters. The van der Waals surface area contributed by atoms with E-state index in [0.717, 1.165) is 5.56 Å². The number of carbonyl (C=O) groups is 1. The first-order valence-corrected chi connectivity index (χ1v) is 13.1. The number of ether oxygens (including phenoxy) is 3. The van der Waals surface area contributed by atoms with E-state index in [1.165, 1.54) is 49.9 Å². The zero-order valence-corrected chi connectivity index (χ0v) is 21.6. The summed E-state index contributed by atoms with van der Waals surface area (Å²) in [7, 11) is 0.648. The van der Waals surface area contributed by atoms with Crippen LogP contribution in [-0.4, -0.2) is 53.0 Å². The molecule has 0 unspecified atom stereocenters. The Kier molecular flexibility index (Phi) is 7.99. The lowest BCUT2D eigenvalue weighted by molar-refractivity contribution is -0.125. The summed E-state index contributed by atoms with van der Waals surface area (Å²) in [6, 6.07) is 17.4. The summed E-state index contributed by atoms with van der Waals surface area (Å²) < 4.78 is 57.8. The van der Waals surface area contributed by atoms with Crippen LogP contribution in [0.5, 0.6) is 17.2 Å². The molecule has 1 N–H and O–H groups in total. The Bertz CT molecular complexity index is 1320. The molecule has 4 rings (SSSR count). The quantitative estimate of drug-likeness (QED) is 0.457. The highest BCUT2D eigenvalue weighted by Gasteiger charge is 2.44. The number of amides is 1. The molecule has 0 bridgehead atoms. The van der Waals surface area contributed by atoms with Crippen LogP contribution in [0.2, 0.25) is 0 Å². The smallest absolute Gasteiger partial charge is 0.243 e. The van der Waals surface area contributed by atoms with Crippen molar-refractivity contribution in [3.8, 4) is 17.2 Å². The third kappa shape index (κ3) is 5.55. The zero-order chi connectivity index (χ0) is 26.6. The first-order chi connectivity index (χ1) is 17.8. The number of sulfonamides is 1. The summed E-state index contributed by atoms with van der Waals surface area (Å²) in [5.41, 5.74) is 1.41. The van der Waals surface area contributed by atoms with E-state index in [1.54, 1.807) is 42.5 Å². The van der Waals surface area contributed by atoms with E-state index in [1.807, 2.05) is 0 Å². The van der Waals surface area contributed by atoms with Crippen molar-refractivity contribution < 1.29 is 31.8 Å². The minimum Gasteiger partial charge on any atom is -0.493 e. The van der Waals surface area contributed by atoms with Gasteiger partial charge in [0.05, 0.1) is 32.1 Å². The van der Waals surface area contributed by atoms with Crippen molar-refractivity contribution in [2.45, 2.75) is 17.4 Å². The van der Waals surface area contributed by atoms with Gasteiger partial charge in [-0.15, -0.1) is 0 Å². The molecule has 0 aromatic heterocycles. The van der Waals surface area contributed by atoms with E-state index in [-0.39, 0.29) is 36.3 Å². The second-order valence-corrected chi connectivity index (χ2v) is 10.6. The summed E-state index contributed by atoms with van der Waals surface area (Å²) in [6.45, 7) is 0.265. The number of halogens is 1. The van der Waals surface area contributed by atoms with Gasteiger partial charge >= 0.3 is 0 Å². The molecule has 3 aromatic carbocycles. The predicted molar refractivity (Wildman–Crippen MR) is 136 cm³/mol. The topological polar surface area (TPSA) is 94.2 Å². The number of nitrogens with zero attached hydrogens (tertiary/aromatic N) is 1. The van der Waals surface area contributed by atoms with Gasteiger partial charge in [-0.2, -0.15) is 4.31 Å². The van der Waals surface area contributed by atoms with E-state index in [4.69, 9.17) is 14.2 Å². The minimum absolute atomic E-state index is 0.00615. The number of benzene rings is 3. The normalized spacial score (nSPS) is 17.8. The van der Waals surface area contributed by atoms with Crippen LogP contribution in [0.25, 0.3) is 0 Å². The van der Waals surface area contributed by atoms with Gasteiger partial charge in [0.15, 0.2) is 11.5 Å². The molecule has 0 spiro atoms. The zero-order valence-electron chi connectivity index (χ0n) is 20.8. The Morgan fingerprint density at radius 1 is 0.946 bits per heavy atom. The molecule has 10 heteroatoms. The molecule has 0 aliphatic carbocycles. The molecular formula is C27H29FN2O6S. The molecule has 37 heavy (non-hydrogen) atoms. The predicted octanol–water partition coefficient (Wildman–Crippen LogP) is 3.57. The Labute approximate surface area is 216 Å². The summed E-state index contributed by atoms with van der Waals surface area (Å²) in [5.74, 6) is -0.637. The van der Waals surface area contributed by atoms with Gasteiger partial charge in [-0.3, -0.25) is 4.79 Å². The lowest BCUT2D eigenvalue weighted by Crippen LogP contribution is -2.35. The van der Waals surface area contributed by atoms with Gasteiger partial charge < -0.3 is 19.5 Å². The SMILES string of the molecule is COc1cc([C@@H]2CN(S(=O)(=O)c3ccccc3)C[C@@H]2C(=O)NCc2ccc(F)cc2)cc(OC)c1OC. The molecule has 3 aromatic rings. The third-order valence-corrected chi connectivity index (χ3v) is 8.35. The third-order valence-electron chi connectivity index (χ3n) is 6.50. The highest BCUT2D eigenvalue weighted by atomic mass is 32.2. The second-order valence-electron chi connectivity index (χ2n) is 8.65. The van der Waals surface area contributed by atoms with Crippen molar-refractivity contribution >= 4 is 15.9 Å². The van der Waals surface area contributed by atoms with Crippen molar-refractivity contribution in [1.82, 2.24) is 9.62 Å². The van der Waals surface area contributed by atoms with E-state index >= 15 is 0 Å². The molecular weight excluding hydrogens is 499 g/mol. The van der Waals surface area contributed by atoms with Crippen molar-refractivity contribution in [2.75, 3.05) is 34.4 Å². The molecule has 1 fully saturated rings. The van der Waals surface area contributed by atoms with Crippen LogP contribution in [0.3, 0.4) is 0 Å². The average molecular weight is 529 g/mol. The number of methoxy groups -OCH3 is 3. The number of hydrogen-bond donors (Lipinski definition) is 1. The van der Waals surface area contributed by atoms with Crippen molar-refractivity contribution in [2.24, 2.45) is 5.92 Å². The maximum absolute atomic E-state index is 13.4. The van der Waals surface area contributed by atoms with E-state index in [9.17, 15) is 17.6 Å². The fourth-order valence-corrected chi connectivity index (χ4v) is 6.06. The molecule has 0 radical (unpaired) electrons. The lowest BCUT2D eigenvalue weighted by Gasteiger charge is -2.21. The molecule has 8 nitrogen and oxygen atoms in total. The molecule has 1 amide bonds.